The molecule has 0 aliphatic rings. The first-order chi connectivity index (χ1) is 13.1. The normalized spacial score (nSPS) is 10.7. The van der Waals surface area contributed by atoms with Crippen LogP contribution in [0.15, 0.2) is 77.9 Å². The van der Waals surface area contributed by atoms with Gasteiger partial charge in [0.15, 0.2) is 0 Å². The minimum Gasteiger partial charge on any atom is -0.489 e. The van der Waals surface area contributed by atoms with E-state index in [0.29, 0.717) is 28.6 Å². The number of hydrogen-bond acceptors (Lipinski definition) is 4. The minimum absolute atomic E-state index is 0.365. The molecule has 3 aromatic rings. The number of nitrogens with two attached hydrogens (primary N) is 1. The Morgan fingerprint density at radius 2 is 1.85 bits per heavy atom. The maximum absolute atomic E-state index is 12.1. The Morgan fingerprint density at radius 3 is 2.67 bits per heavy atom. The minimum atomic E-state index is -0.365. The first kappa shape index (κ1) is 18.5. The molecular formula is C21H18ClN3O2. The van der Waals surface area contributed by atoms with Gasteiger partial charge in [-0.1, -0.05) is 54.1 Å². The van der Waals surface area contributed by atoms with Gasteiger partial charge in [-0.3, -0.25) is 4.79 Å². The number of carbonyl (C=O) groups excluding carboxylic acids is 1. The van der Waals surface area contributed by atoms with Crippen LogP contribution in [-0.2, 0) is 6.61 Å². The topological polar surface area (TPSA) is 76.7 Å². The van der Waals surface area contributed by atoms with E-state index in [1.807, 2.05) is 48.5 Å². The number of para-hydroxylation sites is 1. The van der Waals surface area contributed by atoms with Gasteiger partial charge in [0, 0.05) is 16.3 Å². The molecule has 1 amide bonds. The van der Waals surface area contributed by atoms with Crippen LogP contribution >= 0.6 is 11.6 Å². The van der Waals surface area contributed by atoms with Crippen LogP contribution in [0.25, 0.3) is 0 Å². The molecule has 0 aromatic heterocycles. The van der Waals surface area contributed by atoms with Gasteiger partial charge in [-0.05, 0) is 35.9 Å². The number of amides is 1. The zero-order valence-corrected chi connectivity index (χ0v) is 15.2. The molecule has 0 aliphatic carbocycles. The highest BCUT2D eigenvalue weighted by Gasteiger charge is 2.07. The SMILES string of the molecule is Nc1ccccc1C(=O)N/N=C/c1cccc(OCc2ccccc2Cl)c1. The molecule has 6 heteroatoms. The number of nitrogens with zero attached hydrogens (tertiary/aromatic N) is 1. The molecule has 0 atom stereocenters. The van der Waals surface area contributed by atoms with Gasteiger partial charge in [-0.25, -0.2) is 5.43 Å². The van der Waals surface area contributed by atoms with Gasteiger partial charge in [-0.2, -0.15) is 5.10 Å². The van der Waals surface area contributed by atoms with Gasteiger partial charge >= 0.3 is 0 Å². The highest BCUT2D eigenvalue weighted by Crippen LogP contribution is 2.19. The van der Waals surface area contributed by atoms with Crippen molar-refractivity contribution in [3.8, 4) is 5.75 Å². The van der Waals surface area contributed by atoms with Crippen LogP contribution in [0.2, 0.25) is 5.02 Å². The number of benzene rings is 3. The highest BCUT2D eigenvalue weighted by molar-refractivity contribution is 6.31. The second-order valence-electron chi connectivity index (χ2n) is 5.74. The highest BCUT2D eigenvalue weighted by atomic mass is 35.5. The Labute approximate surface area is 162 Å². The fourth-order valence-electron chi connectivity index (χ4n) is 2.39. The van der Waals surface area contributed by atoms with Gasteiger partial charge < -0.3 is 10.5 Å². The van der Waals surface area contributed by atoms with E-state index in [1.165, 1.54) is 0 Å². The number of ether oxygens (including phenoxy) is 1. The summed E-state index contributed by atoms with van der Waals surface area (Å²) in [7, 11) is 0. The van der Waals surface area contributed by atoms with E-state index in [4.69, 9.17) is 22.1 Å². The summed E-state index contributed by atoms with van der Waals surface area (Å²) >= 11 is 6.13. The number of carbonyl (C=O) groups is 1. The largest absolute Gasteiger partial charge is 0.489 e. The van der Waals surface area contributed by atoms with Crippen LogP contribution in [0, 0.1) is 0 Å². The predicted molar refractivity (Wildman–Crippen MR) is 108 cm³/mol. The van der Waals surface area contributed by atoms with Crippen molar-refractivity contribution in [2.75, 3.05) is 5.73 Å². The molecule has 3 N–H and O–H groups in total. The molecule has 0 bridgehead atoms. The summed E-state index contributed by atoms with van der Waals surface area (Å²) in [5, 5.41) is 4.64. The molecule has 0 spiro atoms. The number of hydrazone groups is 1. The van der Waals surface area contributed by atoms with E-state index in [0.717, 1.165) is 11.1 Å². The standard InChI is InChI=1S/C21H18ClN3O2/c22-19-10-3-1-7-16(19)14-27-17-8-5-6-15(12-17)13-24-25-21(26)18-9-2-4-11-20(18)23/h1-13H,14,23H2,(H,25,26)/b24-13+. The Kier molecular flexibility index (Phi) is 6.07. The van der Waals surface area contributed by atoms with Crippen LogP contribution in [0.3, 0.4) is 0 Å². The zero-order valence-electron chi connectivity index (χ0n) is 14.4. The lowest BCUT2D eigenvalue weighted by Crippen LogP contribution is -2.18. The van der Waals surface area contributed by atoms with Crippen molar-refractivity contribution in [2.45, 2.75) is 6.61 Å². The van der Waals surface area contributed by atoms with Crippen LogP contribution in [-0.4, -0.2) is 12.1 Å². The summed E-state index contributed by atoms with van der Waals surface area (Å²) in [5.74, 6) is 0.313. The van der Waals surface area contributed by atoms with Gasteiger partial charge in [0.05, 0.1) is 11.8 Å². The lowest BCUT2D eigenvalue weighted by Gasteiger charge is -2.08. The summed E-state index contributed by atoms with van der Waals surface area (Å²) in [6.45, 7) is 0.365. The fourth-order valence-corrected chi connectivity index (χ4v) is 2.58. The third-order valence-electron chi connectivity index (χ3n) is 3.80. The average molecular weight is 380 g/mol. The van der Waals surface area contributed by atoms with E-state index in [1.54, 1.807) is 30.5 Å². The van der Waals surface area contributed by atoms with Crippen LogP contribution < -0.4 is 15.9 Å². The molecule has 0 heterocycles. The molecule has 0 unspecified atom stereocenters. The second-order valence-corrected chi connectivity index (χ2v) is 6.15. The molecule has 3 rings (SSSR count). The third kappa shape index (κ3) is 5.09. The van der Waals surface area contributed by atoms with E-state index in [2.05, 4.69) is 10.5 Å². The molecule has 3 aromatic carbocycles. The van der Waals surface area contributed by atoms with E-state index < -0.39 is 0 Å². The summed E-state index contributed by atoms with van der Waals surface area (Å²) in [6.07, 6.45) is 1.54. The first-order valence-electron chi connectivity index (χ1n) is 8.27. The number of halogens is 1. The predicted octanol–water partition coefficient (Wildman–Crippen LogP) is 4.27. The molecule has 5 nitrogen and oxygen atoms in total. The second kappa shape index (κ2) is 8.87. The molecule has 27 heavy (non-hydrogen) atoms. The van der Waals surface area contributed by atoms with Crippen molar-refractivity contribution in [1.29, 1.82) is 0 Å². The lowest BCUT2D eigenvalue weighted by molar-refractivity contribution is 0.0956. The summed E-state index contributed by atoms with van der Waals surface area (Å²) < 4.78 is 5.78. The Hall–Kier alpha value is -3.31. The first-order valence-corrected chi connectivity index (χ1v) is 8.65. The van der Waals surface area contributed by atoms with Crippen LogP contribution in [0.1, 0.15) is 21.5 Å². The molecule has 0 saturated carbocycles. The number of nitrogen functional groups attached to an aromatic ring is 1. The fraction of sp³-hybridized carbons (Fsp3) is 0.0476. The van der Waals surface area contributed by atoms with Crippen LogP contribution in [0.4, 0.5) is 5.69 Å². The summed E-state index contributed by atoms with van der Waals surface area (Å²) in [4.78, 5) is 12.1. The maximum Gasteiger partial charge on any atom is 0.273 e. The number of rotatable bonds is 6. The monoisotopic (exact) mass is 379 g/mol. The number of anilines is 1. The summed E-state index contributed by atoms with van der Waals surface area (Å²) in [6, 6.07) is 21.7. The maximum atomic E-state index is 12.1. The Morgan fingerprint density at radius 1 is 1.07 bits per heavy atom. The Bertz CT molecular complexity index is 973. The number of nitrogens with one attached hydrogen (secondary N) is 1. The molecule has 136 valence electrons. The smallest absolute Gasteiger partial charge is 0.273 e. The van der Waals surface area contributed by atoms with Gasteiger partial charge in [0.1, 0.15) is 12.4 Å². The van der Waals surface area contributed by atoms with Crippen molar-refractivity contribution < 1.29 is 9.53 Å². The van der Waals surface area contributed by atoms with E-state index in [-0.39, 0.29) is 5.91 Å². The van der Waals surface area contributed by atoms with Crippen molar-refractivity contribution in [1.82, 2.24) is 5.43 Å². The molecule has 0 saturated heterocycles. The molecule has 0 fully saturated rings. The van der Waals surface area contributed by atoms with Crippen molar-refractivity contribution >= 4 is 29.4 Å². The van der Waals surface area contributed by atoms with E-state index >= 15 is 0 Å². The average Bonchev–Trinajstić information content (AvgIpc) is 2.68. The van der Waals surface area contributed by atoms with Gasteiger partial charge in [0.25, 0.3) is 5.91 Å². The van der Waals surface area contributed by atoms with Crippen molar-refractivity contribution in [3.05, 3.63) is 94.5 Å². The Balaban J connectivity index is 1.60. The van der Waals surface area contributed by atoms with Crippen molar-refractivity contribution in [2.24, 2.45) is 5.10 Å². The van der Waals surface area contributed by atoms with Gasteiger partial charge in [0.2, 0.25) is 0 Å². The molecule has 0 radical (unpaired) electrons. The summed E-state index contributed by atoms with van der Waals surface area (Å²) in [5.41, 5.74) is 10.7. The van der Waals surface area contributed by atoms with E-state index in [9.17, 15) is 4.79 Å². The number of hydrogen-bond donors (Lipinski definition) is 2. The lowest BCUT2D eigenvalue weighted by atomic mass is 10.2. The zero-order chi connectivity index (χ0) is 19.1. The third-order valence-corrected chi connectivity index (χ3v) is 4.16. The van der Waals surface area contributed by atoms with Crippen molar-refractivity contribution in [3.63, 3.8) is 0 Å². The van der Waals surface area contributed by atoms with Gasteiger partial charge in [-0.15, -0.1) is 0 Å². The molecular weight excluding hydrogens is 362 g/mol. The molecule has 0 aliphatic heterocycles. The van der Waals surface area contributed by atoms with Crippen LogP contribution in [0.5, 0.6) is 5.75 Å². The quantitative estimate of drug-likeness (QED) is 0.381.